The zero-order valence-corrected chi connectivity index (χ0v) is 7.63. The maximum Gasteiger partial charge on any atom is 0.227 e. The first-order chi connectivity index (χ1) is 6.09. The van der Waals surface area contributed by atoms with E-state index in [1.807, 2.05) is 0 Å². The monoisotopic (exact) mass is 196 g/mol. The van der Waals surface area contributed by atoms with Crippen LogP contribution in [0.5, 0.6) is 0 Å². The van der Waals surface area contributed by atoms with Gasteiger partial charge in [-0.1, -0.05) is 0 Å². The van der Waals surface area contributed by atoms with Crippen molar-refractivity contribution in [3.63, 3.8) is 0 Å². The zero-order chi connectivity index (χ0) is 9.47. The second kappa shape index (κ2) is 2.56. The molecule has 0 fully saturated rings. The third-order valence-electron chi connectivity index (χ3n) is 1.65. The molecule has 5 heteroatoms. The van der Waals surface area contributed by atoms with Crippen LogP contribution in [0.2, 0.25) is 0 Å². The number of hydrogen-bond donors (Lipinski definition) is 0. The molecule has 0 aliphatic carbocycles. The lowest BCUT2D eigenvalue weighted by Gasteiger charge is -1.96. The molecule has 2 aromatic rings. The molecular weight excluding hydrogens is 190 g/mol. The summed E-state index contributed by atoms with van der Waals surface area (Å²) in [6.07, 6.45) is 3.84. The number of hydrogen-bond acceptors (Lipinski definition) is 4. The molecule has 4 nitrogen and oxygen atoms in total. The van der Waals surface area contributed by atoms with Crippen molar-refractivity contribution in [1.82, 2.24) is 4.98 Å². The van der Waals surface area contributed by atoms with Gasteiger partial charge in [-0.2, -0.15) is 0 Å². The summed E-state index contributed by atoms with van der Waals surface area (Å²) in [5, 5.41) is 0.407. The SMILES string of the molecule is CS(=O)(=O)c1ccnc2oc[c]c12. The molecule has 0 atom stereocenters. The van der Waals surface area contributed by atoms with Crippen LogP contribution in [-0.2, 0) is 9.84 Å². The predicted molar refractivity (Wildman–Crippen MR) is 46.0 cm³/mol. The normalized spacial score (nSPS) is 12.1. The third-order valence-corrected chi connectivity index (χ3v) is 2.79. The summed E-state index contributed by atoms with van der Waals surface area (Å²) in [4.78, 5) is 4.05. The molecule has 0 aliphatic rings. The number of furan rings is 1. The molecule has 0 aliphatic heterocycles. The van der Waals surface area contributed by atoms with E-state index in [4.69, 9.17) is 4.42 Å². The molecule has 0 aromatic carbocycles. The summed E-state index contributed by atoms with van der Waals surface area (Å²) < 4.78 is 27.4. The maximum atomic E-state index is 11.3. The maximum absolute atomic E-state index is 11.3. The Morgan fingerprint density at radius 2 is 2.31 bits per heavy atom. The van der Waals surface area contributed by atoms with Crippen molar-refractivity contribution in [2.75, 3.05) is 6.26 Å². The Bertz CT molecular complexity index is 541. The largest absolute Gasteiger partial charge is 0.445 e. The highest BCUT2D eigenvalue weighted by Crippen LogP contribution is 2.20. The highest BCUT2D eigenvalue weighted by atomic mass is 32.2. The number of pyridine rings is 1. The van der Waals surface area contributed by atoms with Crippen LogP contribution in [0.25, 0.3) is 11.1 Å². The van der Waals surface area contributed by atoms with Gasteiger partial charge < -0.3 is 4.42 Å². The first-order valence-corrected chi connectivity index (χ1v) is 5.42. The van der Waals surface area contributed by atoms with E-state index in [1.165, 1.54) is 18.5 Å². The Morgan fingerprint density at radius 1 is 1.54 bits per heavy atom. The lowest BCUT2D eigenvalue weighted by Crippen LogP contribution is -1.97. The standard InChI is InChI=1S/C8H6NO3S/c1-13(10,11)7-2-4-9-8-6(7)3-5-12-8/h2,4-5H,1H3. The van der Waals surface area contributed by atoms with E-state index in [0.29, 0.717) is 11.1 Å². The molecule has 0 saturated carbocycles. The van der Waals surface area contributed by atoms with Crippen molar-refractivity contribution in [3.8, 4) is 0 Å². The van der Waals surface area contributed by atoms with E-state index in [0.717, 1.165) is 6.26 Å². The zero-order valence-electron chi connectivity index (χ0n) is 6.81. The van der Waals surface area contributed by atoms with E-state index >= 15 is 0 Å². The van der Waals surface area contributed by atoms with Crippen LogP contribution in [0.1, 0.15) is 0 Å². The molecule has 0 saturated heterocycles. The average Bonchev–Trinajstić information content (AvgIpc) is 2.48. The van der Waals surface area contributed by atoms with Crippen molar-refractivity contribution in [2.45, 2.75) is 4.90 Å². The summed E-state index contributed by atoms with van der Waals surface area (Å²) >= 11 is 0. The van der Waals surface area contributed by atoms with Gasteiger partial charge in [0.2, 0.25) is 5.71 Å². The van der Waals surface area contributed by atoms with Gasteiger partial charge in [-0.3, -0.25) is 0 Å². The Morgan fingerprint density at radius 3 is 3.00 bits per heavy atom. The highest BCUT2D eigenvalue weighted by molar-refractivity contribution is 7.91. The first kappa shape index (κ1) is 8.25. The van der Waals surface area contributed by atoms with Gasteiger partial charge in [0.25, 0.3) is 0 Å². The molecule has 0 unspecified atom stereocenters. The summed E-state index contributed by atoms with van der Waals surface area (Å²) in [6, 6.07) is 4.12. The number of fused-ring (bicyclic) bond motifs is 1. The topological polar surface area (TPSA) is 60.2 Å². The van der Waals surface area contributed by atoms with E-state index in [2.05, 4.69) is 11.1 Å². The molecule has 67 valence electrons. The van der Waals surface area contributed by atoms with Crippen LogP contribution in [0, 0.1) is 6.07 Å². The fourth-order valence-electron chi connectivity index (χ4n) is 1.10. The van der Waals surface area contributed by atoms with Gasteiger partial charge in [-0.15, -0.1) is 0 Å². The van der Waals surface area contributed by atoms with Gasteiger partial charge in [0, 0.05) is 18.5 Å². The van der Waals surface area contributed by atoms with Crippen LogP contribution in [-0.4, -0.2) is 19.7 Å². The minimum Gasteiger partial charge on any atom is -0.445 e. The van der Waals surface area contributed by atoms with Gasteiger partial charge >= 0.3 is 0 Å². The molecular formula is C8H6NO3S. The second-order valence-electron chi connectivity index (χ2n) is 2.64. The lowest BCUT2D eigenvalue weighted by molar-refractivity contribution is 0.597. The van der Waals surface area contributed by atoms with Crippen molar-refractivity contribution in [1.29, 1.82) is 0 Å². The number of sulfone groups is 1. The molecule has 0 amide bonds. The average molecular weight is 196 g/mol. The molecule has 2 rings (SSSR count). The van der Waals surface area contributed by atoms with Crippen molar-refractivity contribution < 1.29 is 12.8 Å². The van der Waals surface area contributed by atoms with Crippen LogP contribution in [0.4, 0.5) is 0 Å². The van der Waals surface area contributed by atoms with Gasteiger partial charge in [0.15, 0.2) is 9.84 Å². The highest BCUT2D eigenvalue weighted by Gasteiger charge is 2.13. The smallest absolute Gasteiger partial charge is 0.227 e. The summed E-state index contributed by atoms with van der Waals surface area (Å²) in [5.74, 6) is 0. The molecule has 2 aromatic heterocycles. The Balaban J connectivity index is 2.91. The van der Waals surface area contributed by atoms with Crippen molar-refractivity contribution in [2.24, 2.45) is 0 Å². The number of rotatable bonds is 1. The fraction of sp³-hybridized carbons (Fsp3) is 0.125. The van der Waals surface area contributed by atoms with Crippen molar-refractivity contribution in [3.05, 3.63) is 24.6 Å². The van der Waals surface area contributed by atoms with Crippen LogP contribution < -0.4 is 0 Å². The second-order valence-corrected chi connectivity index (χ2v) is 4.63. The van der Waals surface area contributed by atoms with Gasteiger partial charge in [0.05, 0.1) is 10.3 Å². The van der Waals surface area contributed by atoms with E-state index in [-0.39, 0.29) is 4.90 Å². The van der Waals surface area contributed by atoms with Crippen molar-refractivity contribution >= 4 is 20.9 Å². The molecule has 0 spiro atoms. The van der Waals surface area contributed by atoms with Gasteiger partial charge in [0.1, 0.15) is 6.26 Å². The predicted octanol–water partition coefficient (Wildman–Crippen LogP) is 1.03. The van der Waals surface area contributed by atoms with Gasteiger partial charge in [-0.05, 0) is 6.07 Å². The van der Waals surface area contributed by atoms with E-state index in [1.54, 1.807) is 0 Å². The molecule has 1 radical (unpaired) electrons. The van der Waals surface area contributed by atoms with E-state index < -0.39 is 9.84 Å². The summed E-state index contributed by atoms with van der Waals surface area (Å²) in [7, 11) is -3.23. The quantitative estimate of drug-likeness (QED) is 0.683. The minimum atomic E-state index is -3.23. The summed E-state index contributed by atoms with van der Waals surface area (Å²) in [6.45, 7) is 0. The molecule has 0 bridgehead atoms. The Labute approximate surface area is 75.1 Å². The Hall–Kier alpha value is -1.36. The fourth-order valence-corrected chi connectivity index (χ4v) is 1.93. The number of nitrogens with zero attached hydrogens (tertiary/aromatic N) is 1. The van der Waals surface area contributed by atoms with Crippen LogP contribution in [0.3, 0.4) is 0 Å². The summed E-state index contributed by atoms with van der Waals surface area (Å²) in [5.41, 5.74) is 0.294. The number of aromatic nitrogens is 1. The van der Waals surface area contributed by atoms with Crippen LogP contribution >= 0.6 is 0 Å². The Kier molecular flexibility index (Phi) is 1.63. The lowest BCUT2D eigenvalue weighted by atomic mass is 10.3. The minimum absolute atomic E-state index is 0.200. The molecule has 0 N–H and O–H groups in total. The van der Waals surface area contributed by atoms with Crippen LogP contribution in [0.15, 0.2) is 27.8 Å². The van der Waals surface area contributed by atoms with Gasteiger partial charge in [-0.25, -0.2) is 13.4 Å². The van der Waals surface area contributed by atoms with E-state index in [9.17, 15) is 8.42 Å². The third kappa shape index (κ3) is 1.31. The molecule has 13 heavy (non-hydrogen) atoms. The first-order valence-electron chi connectivity index (χ1n) is 3.53. The molecule has 2 heterocycles.